The Kier molecular flexibility index (Phi) is 8.60. The summed E-state index contributed by atoms with van der Waals surface area (Å²) in [6.45, 7) is 2.19. The molecule has 0 saturated carbocycles. The van der Waals surface area contributed by atoms with Crippen molar-refractivity contribution in [2.24, 2.45) is 0 Å². The van der Waals surface area contributed by atoms with E-state index in [4.69, 9.17) is 39.8 Å². The lowest BCUT2D eigenvalue weighted by Gasteiger charge is -2.07. The van der Waals surface area contributed by atoms with Crippen LogP contribution in [-0.2, 0) is 11.2 Å². The number of carbonyl (C=O) groups excluding carboxylic acids is 1. The second-order valence-corrected chi connectivity index (χ2v) is 10.3. The molecule has 0 bridgehead atoms. The van der Waals surface area contributed by atoms with E-state index in [0.717, 1.165) is 17.6 Å². The number of thiocarbonyl (C=S) groups is 1. The molecule has 0 aliphatic rings. The van der Waals surface area contributed by atoms with Crippen LogP contribution in [0.25, 0.3) is 34.1 Å². The molecule has 5 rings (SSSR count). The minimum Gasteiger partial charge on any atom is -0.457 e. The molecule has 7 nitrogen and oxygen atoms in total. The van der Waals surface area contributed by atoms with Crippen LogP contribution < -0.4 is 10.6 Å². The van der Waals surface area contributed by atoms with Crippen molar-refractivity contribution >= 4 is 69.2 Å². The van der Waals surface area contributed by atoms with E-state index >= 15 is 0 Å². The lowest BCUT2D eigenvalue weighted by atomic mass is 10.1. The zero-order chi connectivity index (χ0) is 28.1. The van der Waals surface area contributed by atoms with Crippen LogP contribution >= 0.6 is 35.4 Å². The first kappa shape index (κ1) is 27.6. The normalized spacial score (nSPS) is 11.3. The van der Waals surface area contributed by atoms with E-state index in [1.165, 1.54) is 24.5 Å². The van der Waals surface area contributed by atoms with E-state index in [0.29, 0.717) is 38.3 Å². The Bertz CT molecular complexity index is 1710. The van der Waals surface area contributed by atoms with E-state index in [1.54, 1.807) is 41.2 Å². The van der Waals surface area contributed by atoms with Crippen LogP contribution in [0.2, 0.25) is 10.0 Å². The van der Waals surface area contributed by atoms with Crippen molar-refractivity contribution in [3.05, 3.63) is 100 Å². The van der Waals surface area contributed by atoms with Crippen molar-refractivity contribution in [2.75, 3.05) is 5.32 Å². The fourth-order valence-electron chi connectivity index (χ4n) is 4.03. The number of amides is 1. The van der Waals surface area contributed by atoms with E-state index < -0.39 is 5.91 Å². The molecule has 1 amide bonds. The first-order valence-electron chi connectivity index (χ1n) is 12.7. The fourth-order valence-corrected chi connectivity index (χ4v) is 4.75. The molecule has 0 aliphatic heterocycles. The average molecular weight is 591 g/mol. The third-order valence-electron chi connectivity index (χ3n) is 6.08. The highest BCUT2D eigenvalue weighted by Crippen LogP contribution is 2.31. The molecule has 0 aliphatic carbocycles. The first-order valence-corrected chi connectivity index (χ1v) is 13.9. The highest BCUT2D eigenvalue weighted by atomic mass is 35.5. The lowest BCUT2D eigenvalue weighted by Crippen LogP contribution is -2.32. The maximum atomic E-state index is 12.4. The quantitative estimate of drug-likeness (QED) is 0.141. The predicted molar refractivity (Wildman–Crippen MR) is 165 cm³/mol. The number of furan rings is 1. The summed E-state index contributed by atoms with van der Waals surface area (Å²) in [4.78, 5) is 14.0. The molecule has 0 atom stereocenters. The molecule has 0 saturated heterocycles. The Balaban J connectivity index is 1.18. The largest absolute Gasteiger partial charge is 0.457 e. The molecule has 40 heavy (non-hydrogen) atoms. The Hall–Kier alpha value is -3.98. The number of hydrogen-bond donors (Lipinski definition) is 2. The van der Waals surface area contributed by atoms with Crippen LogP contribution in [0.1, 0.15) is 31.1 Å². The van der Waals surface area contributed by atoms with Gasteiger partial charge in [-0.2, -0.15) is 4.80 Å². The van der Waals surface area contributed by atoms with Gasteiger partial charge < -0.3 is 9.73 Å². The van der Waals surface area contributed by atoms with Crippen molar-refractivity contribution in [3.8, 4) is 17.0 Å². The highest BCUT2D eigenvalue weighted by Gasteiger charge is 2.10. The van der Waals surface area contributed by atoms with E-state index in [1.807, 2.05) is 30.3 Å². The van der Waals surface area contributed by atoms with Crippen LogP contribution in [0.3, 0.4) is 0 Å². The Morgan fingerprint density at radius 3 is 2.58 bits per heavy atom. The van der Waals surface area contributed by atoms with Gasteiger partial charge in [-0.15, -0.1) is 10.2 Å². The molecule has 0 radical (unpaired) electrons. The third kappa shape index (κ3) is 6.77. The molecule has 2 heterocycles. The van der Waals surface area contributed by atoms with Crippen molar-refractivity contribution in [1.29, 1.82) is 0 Å². The number of nitrogens with zero attached hydrogens (tertiary/aromatic N) is 3. The van der Waals surface area contributed by atoms with Gasteiger partial charge >= 0.3 is 0 Å². The Labute approximate surface area is 246 Å². The number of aryl methyl sites for hydroxylation is 1. The first-order chi connectivity index (χ1) is 19.4. The van der Waals surface area contributed by atoms with Gasteiger partial charge in [-0.05, 0) is 97.4 Å². The van der Waals surface area contributed by atoms with Crippen molar-refractivity contribution in [1.82, 2.24) is 20.3 Å². The number of unbranched alkanes of at least 4 members (excludes halogenated alkanes) is 1. The van der Waals surface area contributed by atoms with Gasteiger partial charge in [0.2, 0.25) is 5.91 Å². The summed E-state index contributed by atoms with van der Waals surface area (Å²) >= 11 is 17.5. The van der Waals surface area contributed by atoms with E-state index in [2.05, 4.69) is 39.9 Å². The molecule has 0 spiro atoms. The number of rotatable bonds is 8. The maximum absolute atomic E-state index is 12.4. The summed E-state index contributed by atoms with van der Waals surface area (Å²) < 4.78 is 5.78. The summed E-state index contributed by atoms with van der Waals surface area (Å²) in [5.41, 5.74) is 5.02. The van der Waals surface area contributed by atoms with E-state index in [-0.39, 0.29) is 5.11 Å². The van der Waals surface area contributed by atoms with Crippen LogP contribution in [0.5, 0.6) is 0 Å². The number of anilines is 1. The van der Waals surface area contributed by atoms with Crippen LogP contribution in [0.15, 0.2) is 83.3 Å². The Morgan fingerprint density at radius 1 is 1.00 bits per heavy atom. The molecule has 2 aromatic heterocycles. The predicted octanol–water partition coefficient (Wildman–Crippen LogP) is 7.86. The number of benzene rings is 3. The summed E-state index contributed by atoms with van der Waals surface area (Å²) in [5, 5.41) is 16.0. The van der Waals surface area contributed by atoms with Gasteiger partial charge in [-0.25, -0.2) is 0 Å². The van der Waals surface area contributed by atoms with Gasteiger partial charge in [-0.1, -0.05) is 48.7 Å². The van der Waals surface area contributed by atoms with Gasteiger partial charge in [0.1, 0.15) is 22.6 Å². The van der Waals surface area contributed by atoms with Crippen molar-refractivity contribution in [2.45, 2.75) is 26.2 Å². The number of aromatic nitrogens is 3. The second-order valence-electron chi connectivity index (χ2n) is 9.07. The minimum atomic E-state index is -0.408. The minimum absolute atomic E-state index is 0.150. The number of carbonyl (C=O) groups is 1. The zero-order valence-electron chi connectivity index (χ0n) is 21.5. The van der Waals surface area contributed by atoms with Gasteiger partial charge in [0, 0.05) is 22.3 Å². The maximum Gasteiger partial charge on any atom is 0.250 e. The summed E-state index contributed by atoms with van der Waals surface area (Å²) in [6, 6.07) is 22.4. The number of hydrogen-bond acceptors (Lipinski definition) is 5. The van der Waals surface area contributed by atoms with Gasteiger partial charge in [0.25, 0.3) is 0 Å². The number of halogens is 2. The van der Waals surface area contributed by atoms with Crippen molar-refractivity contribution in [3.63, 3.8) is 0 Å². The molecule has 5 aromatic rings. The third-order valence-corrected chi connectivity index (χ3v) is 6.84. The fraction of sp³-hybridized carbons (Fsp3) is 0.133. The number of fused-ring (bicyclic) bond motifs is 1. The summed E-state index contributed by atoms with van der Waals surface area (Å²) in [7, 11) is 0. The highest BCUT2D eigenvalue weighted by molar-refractivity contribution is 7.80. The van der Waals surface area contributed by atoms with Gasteiger partial charge in [0.05, 0.1) is 10.7 Å². The van der Waals surface area contributed by atoms with Crippen LogP contribution in [0, 0.1) is 0 Å². The van der Waals surface area contributed by atoms with Gasteiger partial charge in [0.15, 0.2) is 5.11 Å². The molecular weight excluding hydrogens is 565 g/mol. The SMILES string of the molecule is CCCCc1ccc(-n2nc3ccc(NC(=S)NC(=O)/C=C/c4ccc(-c5ccc(Cl)cc5Cl)o4)cc3n2)cc1. The van der Waals surface area contributed by atoms with E-state index in [9.17, 15) is 4.79 Å². The Morgan fingerprint density at radius 2 is 1.80 bits per heavy atom. The zero-order valence-corrected chi connectivity index (χ0v) is 23.9. The number of nitrogens with one attached hydrogen (secondary N) is 2. The average Bonchev–Trinajstić information content (AvgIpc) is 3.58. The standard InChI is InChI=1S/C30H25Cl2N5O2S/c1-2-3-4-19-5-9-22(10-6-19)37-35-26-14-8-21(18-27(26)36-37)33-30(40)34-29(38)16-12-23-11-15-28(39-23)24-13-7-20(31)17-25(24)32/h5-18H,2-4H2,1H3,(H2,33,34,38,40)/b16-12+. The molecule has 0 unspecified atom stereocenters. The topological polar surface area (TPSA) is 85.0 Å². The molecule has 10 heteroatoms. The second kappa shape index (κ2) is 12.5. The summed E-state index contributed by atoms with van der Waals surface area (Å²) in [6.07, 6.45) is 6.29. The monoisotopic (exact) mass is 589 g/mol. The summed E-state index contributed by atoms with van der Waals surface area (Å²) in [5.74, 6) is 0.642. The van der Waals surface area contributed by atoms with Gasteiger partial charge in [-0.3, -0.25) is 10.1 Å². The molecule has 0 fully saturated rings. The van der Waals surface area contributed by atoms with Crippen LogP contribution in [0.4, 0.5) is 5.69 Å². The lowest BCUT2D eigenvalue weighted by molar-refractivity contribution is -0.115. The van der Waals surface area contributed by atoms with Crippen LogP contribution in [-0.4, -0.2) is 26.0 Å². The molecule has 202 valence electrons. The smallest absolute Gasteiger partial charge is 0.250 e. The molecule has 2 N–H and O–H groups in total. The van der Waals surface area contributed by atoms with Crippen molar-refractivity contribution < 1.29 is 9.21 Å². The molecule has 3 aromatic carbocycles. The molecular formula is C30H25Cl2N5O2S.